The summed E-state index contributed by atoms with van der Waals surface area (Å²) >= 11 is 0. The zero-order valence-electron chi connectivity index (χ0n) is 15.0. The normalized spacial score (nSPS) is 16.0. The van der Waals surface area contributed by atoms with E-state index in [0.717, 1.165) is 12.1 Å². The molecule has 1 aliphatic heterocycles. The SMILES string of the molecule is CC(C)(C)CCC(NC(=O)c1ccc(N2CCCC2=O)cc1)C(=O)O. The van der Waals surface area contributed by atoms with Gasteiger partial charge in [-0.25, -0.2) is 4.79 Å². The van der Waals surface area contributed by atoms with Gasteiger partial charge in [0.15, 0.2) is 0 Å². The van der Waals surface area contributed by atoms with E-state index < -0.39 is 17.9 Å². The highest BCUT2D eigenvalue weighted by molar-refractivity contribution is 5.98. The third kappa shape index (κ3) is 5.31. The Hall–Kier alpha value is -2.37. The standard InChI is InChI=1S/C19H26N2O4/c1-19(2,3)11-10-15(18(24)25)20-17(23)13-6-8-14(9-7-13)21-12-4-5-16(21)22/h6-9,15H,4-5,10-12H2,1-3H3,(H,20,23)(H,24,25). The maximum Gasteiger partial charge on any atom is 0.326 e. The molecule has 1 aromatic rings. The number of hydrogen-bond acceptors (Lipinski definition) is 3. The maximum atomic E-state index is 12.3. The average Bonchev–Trinajstić information content (AvgIpc) is 2.96. The fraction of sp³-hybridized carbons (Fsp3) is 0.526. The summed E-state index contributed by atoms with van der Waals surface area (Å²) in [5.41, 5.74) is 1.15. The molecule has 1 fully saturated rings. The van der Waals surface area contributed by atoms with Gasteiger partial charge in [-0.2, -0.15) is 0 Å². The summed E-state index contributed by atoms with van der Waals surface area (Å²) in [5.74, 6) is -1.36. The predicted molar refractivity (Wildman–Crippen MR) is 95.6 cm³/mol. The topological polar surface area (TPSA) is 86.7 Å². The molecule has 1 unspecified atom stereocenters. The molecule has 0 spiro atoms. The molecule has 1 saturated heterocycles. The molecular weight excluding hydrogens is 320 g/mol. The van der Waals surface area contributed by atoms with E-state index in [9.17, 15) is 19.5 Å². The number of carboxylic acid groups (broad SMARTS) is 1. The van der Waals surface area contributed by atoms with Gasteiger partial charge in [0.1, 0.15) is 6.04 Å². The Labute approximate surface area is 148 Å². The second-order valence-electron chi connectivity index (χ2n) is 7.66. The van der Waals surface area contributed by atoms with Gasteiger partial charge in [0.05, 0.1) is 0 Å². The van der Waals surface area contributed by atoms with Gasteiger partial charge in [0.2, 0.25) is 5.91 Å². The van der Waals surface area contributed by atoms with Gasteiger partial charge in [-0.1, -0.05) is 20.8 Å². The lowest BCUT2D eigenvalue weighted by Crippen LogP contribution is -2.41. The molecule has 0 aliphatic carbocycles. The smallest absolute Gasteiger partial charge is 0.326 e. The monoisotopic (exact) mass is 346 g/mol. The van der Waals surface area contributed by atoms with Crippen molar-refractivity contribution in [2.75, 3.05) is 11.4 Å². The summed E-state index contributed by atoms with van der Waals surface area (Å²) in [5, 5.41) is 11.9. The van der Waals surface area contributed by atoms with Crippen LogP contribution in [0.15, 0.2) is 24.3 Å². The summed E-state index contributed by atoms with van der Waals surface area (Å²) in [7, 11) is 0. The summed E-state index contributed by atoms with van der Waals surface area (Å²) in [6.45, 7) is 6.79. The lowest BCUT2D eigenvalue weighted by atomic mass is 9.88. The summed E-state index contributed by atoms with van der Waals surface area (Å²) in [6.07, 6.45) is 2.47. The third-order valence-corrected chi connectivity index (χ3v) is 4.30. The number of nitrogens with one attached hydrogen (secondary N) is 1. The molecule has 0 radical (unpaired) electrons. The number of aliphatic carboxylic acids is 1. The van der Waals surface area contributed by atoms with E-state index in [1.54, 1.807) is 29.2 Å². The first-order chi connectivity index (χ1) is 11.7. The van der Waals surface area contributed by atoms with E-state index >= 15 is 0 Å². The fourth-order valence-electron chi connectivity index (χ4n) is 2.79. The predicted octanol–water partition coefficient (Wildman–Crippen LogP) is 2.82. The van der Waals surface area contributed by atoms with E-state index in [1.807, 2.05) is 20.8 Å². The van der Waals surface area contributed by atoms with Crippen LogP contribution in [0.2, 0.25) is 0 Å². The molecule has 2 rings (SSSR count). The Balaban J connectivity index is 2.01. The van der Waals surface area contributed by atoms with E-state index in [-0.39, 0.29) is 11.3 Å². The molecule has 136 valence electrons. The van der Waals surface area contributed by atoms with Crippen molar-refractivity contribution in [3.63, 3.8) is 0 Å². The molecule has 1 aliphatic rings. The number of rotatable bonds is 6. The van der Waals surface area contributed by atoms with E-state index in [0.29, 0.717) is 31.4 Å². The molecule has 0 aromatic heterocycles. The van der Waals surface area contributed by atoms with Gasteiger partial charge in [-0.05, 0) is 48.9 Å². The van der Waals surface area contributed by atoms with Crippen molar-refractivity contribution >= 4 is 23.5 Å². The Kier molecular flexibility index (Phi) is 5.82. The molecular formula is C19H26N2O4. The molecule has 0 bridgehead atoms. The highest BCUT2D eigenvalue weighted by Gasteiger charge is 2.24. The molecule has 1 heterocycles. The number of nitrogens with zero attached hydrogens (tertiary/aromatic N) is 1. The van der Waals surface area contributed by atoms with Crippen LogP contribution in [0.25, 0.3) is 0 Å². The van der Waals surface area contributed by atoms with Crippen LogP contribution in [0.3, 0.4) is 0 Å². The highest BCUT2D eigenvalue weighted by atomic mass is 16.4. The van der Waals surface area contributed by atoms with E-state index in [1.165, 1.54) is 0 Å². The number of carbonyl (C=O) groups excluding carboxylic acids is 2. The highest BCUT2D eigenvalue weighted by Crippen LogP contribution is 2.23. The first-order valence-electron chi connectivity index (χ1n) is 8.61. The van der Waals surface area contributed by atoms with Crippen LogP contribution < -0.4 is 10.2 Å². The number of amides is 2. The number of anilines is 1. The zero-order valence-corrected chi connectivity index (χ0v) is 15.0. The lowest BCUT2D eigenvalue weighted by molar-refractivity contribution is -0.139. The van der Waals surface area contributed by atoms with Crippen molar-refractivity contribution < 1.29 is 19.5 Å². The maximum absolute atomic E-state index is 12.3. The number of benzene rings is 1. The van der Waals surface area contributed by atoms with Crippen molar-refractivity contribution in [1.82, 2.24) is 5.32 Å². The van der Waals surface area contributed by atoms with Crippen molar-refractivity contribution in [2.24, 2.45) is 5.41 Å². The van der Waals surface area contributed by atoms with Crippen molar-refractivity contribution in [3.05, 3.63) is 29.8 Å². The summed E-state index contributed by atoms with van der Waals surface area (Å²) < 4.78 is 0. The summed E-state index contributed by atoms with van der Waals surface area (Å²) in [6, 6.07) is 5.79. The van der Waals surface area contributed by atoms with Crippen LogP contribution in [0.4, 0.5) is 5.69 Å². The first kappa shape index (κ1) is 19.0. The molecule has 2 N–H and O–H groups in total. The summed E-state index contributed by atoms with van der Waals surface area (Å²) in [4.78, 5) is 37.2. The van der Waals surface area contributed by atoms with Crippen LogP contribution in [-0.4, -0.2) is 35.5 Å². The molecule has 0 saturated carbocycles. The van der Waals surface area contributed by atoms with Crippen LogP contribution in [0.5, 0.6) is 0 Å². The fourth-order valence-corrected chi connectivity index (χ4v) is 2.79. The van der Waals surface area contributed by atoms with Crippen LogP contribution >= 0.6 is 0 Å². The number of carboxylic acids is 1. The Morgan fingerprint density at radius 3 is 2.36 bits per heavy atom. The molecule has 2 amide bonds. The van der Waals surface area contributed by atoms with Gasteiger partial charge in [-0.3, -0.25) is 9.59 Å². The van der Waals surface area contributed by atoms with Gasteiger partial charge in [-0.15, -0.1) is 0 Å². The third-order valence-electron chi connectivity index (χ3n) is 4.30. The van der Waals surface area contributed by atoms with E-state index in [2.05, 4.69) is 5.32 Å². The molecule has 6 nitrogen and oxygen atoms in total. The first-order valence-corrected chi connectivity index (χ1v) is 8.61. The molecule has 1 aromatic carbocycles. The quantitative estimate of drug-likeness (QED) is 0.829. The van der Waals surface area contributed by atoms with Gasteiger partial charge in [0, 0.05) is 24.2 Å². The zero-order chi connectivity index (χ0) is 18.6. The lowest BCUT2D eigenvalue weighted by Gasteiger charge is -2.21. The minimum atomic E-state index is -1.03. The van der Waals surface area contributed by atoms with Crippen molar-refractivity contribution in [3.8, 4) is 0 Å². The minimum absolute atomic E-state index is 0.00232. The Morgan fingerprint density at radius 2 is 1.88 bits per heavy atom. The second-order valence-corrected chi connectivity index (χ2v) is 7.66. The Bertz CT molecular complexity index is 646. The molecule has 6 heteroatoms. The molecule has 25 heavy (non-hydrogen) atoms. The van der Waals surface area contributed by atoms with Crippen LogP contribution in [-0.2, 0) is 9.59 Å². The second kappa shape index (κ2) is 7.68. The number of carbonyl (C=O) groups is 3. The van der Waals surface area contributed by atoms with Crippen molar-refractivity contribution in [1.29, 1.82) is 0 Å². The van der Waals surface area contributed by atoms with Crippen LogP contribution in [0.1, 0.15) is 56.8 Å². The van der Waals surface area contributed by atoms with Gasteiger partial charge >= 0.3 is 5.97 Å². The van der Waals surface area contributed by atoms with Crippen LogP contribution in [0, 0.1) is 5.41 Å². The van der Waals surface area contributed by atoms with Crippen molar-refractivity contribution in [2.45, 2.75) is 52.5 Å². The van der Waals surface area contributed by atoms with Gasteiger partial charge in [0.25, 0.3) is 5.91 Å². The largest absolute Gasteiger partial charge is 0.480 e. The van der Waals surface area contributed by atoms with E-state index in [4.69, 9.17) is 0 Å². The average molecular weight is 346 g/mol. The number of hydrogen-bond donors (Lipinski definition) is 2. The van der Waals surface area contributed by atoms with Gasteiger partial charge < -0.3 is 15.3 Å². The molecule has 1 atom stereocenters. The minimum Gasteiger partial charge on any atom is -0.480 e. The Morgan fingerprint density at radius 1 is 1.24 bits per heavy atom.